The molecule has 7 nitrogen and oxygen atoms in total. The van der Waals surface area contributed by atoms with Gasteiger partial charge in [0.1, 0.15) is 16.8 Å². The van der Waals surface area contributed by atoms with Crippen molar-refractivity contribution in [2.75, 3.05) is 7.11 Å². The van der Waals surface area contributed by atoms with Gasteiger partial charge in [-0.15, -0.1) is 10.2 Å². The van der Waals surface area contributed by atoms with Crippen LogP contribution in [-0.4, -0.2) is 39.4 Å². The minimum Gasteiger partial charge on any atom is -0.496 e. The van der Waals surface area contributed by atoms with Gasteiger partial charge in [-0.1, -0.05) is 47.4 Å². The number of nitrogens with zero attached hydrogens (tertiary/aromatic N) is 2. The van der Waals surface area contributed by atoms with Crippen molar-refractivity contribution < 1.29 is 14.6 Å². The average molecular weight is 467 g/mol. The van der Waals surface area contributed by atoms with Gasteiger partial charge >= 0.3 is 5.97 Å². The largest absolute Gasteiger partial charge is 0.496 e. The molecule has 164 valence electrons. The molecule has 5 rings (SSSR count). The monoisotopic (exact) mass is 466 g/mol. The summed E-state index contributed by atoms with van der Waals surface area (Å²) in [6.07, 6.45) is 0.445. The fraction of sp³-hybridized carbons (Fsp3) is 0.261. The van der Waals surface area contributed by atoms with Gasteiger partial charge in [-0.2, -0.15) is 0 Å². The Labute approximate surface area is 193 Å². The molecule has 0 radical (unpaired) electrons. The van der Waals surface area contributed by atoms with E-state index in [-0.39, 0.29) is 6.04 Å². The molecule has 1 aliphatic rings. The Balaban J connectivity index is 1.54. The zero-order valence-corrected chi connectivity index (χ0v) is 19.2. The van der Waals surface area contributed by atoms with Crippen LogP contribution < -0.4 is 10.1 Å². The van der Waals surface area contributed by atoms with Crippen molar-refractivity contribution in [3.8, 4) is 5.75 Å². The standard InChI is InChI=1S/C23H22N4O3S2/c1-12-26-27-23(32-12)31-11-14-9-13(7-8-19(14)30-2)20-21-16(10-18(25-20)22(28)29)15-5-3-4-6-17(15)24-21/h3-9,18,20,24-25H,10-11H2,1-2H3,(H,28,29)/t18-,20+/m1/s1. The smallest absolute Gasteiger partial charge is 0.321 e. The Morgan fingerprint density at radius 2 is 2.12 bits per heavy atom. The first-order chi connectivity index (χ1) is 15.5. The average Bonchev–Trinajstić information content (AvgIpc) is 3.39. The number of aromatic amines is 1. The second-order valence-electron chi connectivity index (χ2n) is 7.70. The summed E-state index contributed by atoms with van der Waals surface area (Å²) in [5, 5.41) is 23.4. The van der Waals surface area contributed by atoms with E-state index in [4.69, 9.17) is 4.74 Å². The Hall–Kier alpha value is -2.88. The summed E-state index contributed by atoms with van der Waals surface area (Å²) < 4.78 is 6.50. The molecule has 0 bridgehead atoms. The van der Waals surface area contributed by atoms with Crippen LogP contribution in [0.25, 0.3) is 10.9 Å². The molecule has 9 heteroatoms. The molecule has 0 unspecified atom stereocenters. The van der Waals surface area contributed by atoms with Crippen molar-refractivity contribution in [1.82, 2.24) is 20.5 Å². The fourth-order valence-corrected chi connectivity index (χ4v) is 6.02. The van der Waals surface area contributed by atoms with Gasteiger partial charge in [-0.3, -0.25) is 10.1 Å². The van der Waals surface area contributed by atoms with Crippen LogP contribution in [0.1, 0.15) is 33.4 Å². The lowest BCUT2D eigenvalue weighted by atomic mass is 9.90. The van der Waals surface area contributed by atoms with Gasteiger partial charge in [0.2, 0.25) is 0 Å². The van der Waals surface area contributed by atoms with Crippen molar-refractivity contribution in [3.63, 3.8) is 0 Å². The maximum Gasteiger partial charge on any atom is 0.321 e. The van der Waals surface area contributed by atoms with Gasteiger partial charge in [-0.25, -0.2) is 0 Å². The molecule has 2 aromatic carbocycles. The normalized spacial score (nSPS) is 17.9. The summed E-state index contributed by atoms with van der Waals surface area (Å²) in [6, 6.07) is 13.2. The van der Waals surface area contributed by atoms with Gasteiger partial charge < -0.3 is 14.8 Å². The van der Waals surface area contributed by atoms with E-state index in [1.54, 1.807) is 30.2 Å². The number of benzene rings is 2. The minimum absolute atomic E-state index is 0.259. The molecule has 0 saturated carbocycles. The number of carboxylic acid groups (broad SMARTS) is 1. The van der Waals surface area contributed by atoms with Crippen LogP contribution in [0.15, 0.2) is 46.8 Å². The molecule has 3 N–H and O–H groups in total. The molecule has 2 aromatic heterocycles. The number of rotatable bonds is 6. The van der Waals surface area contributed by atoms with Crippen LogP contribution in [0.4, 0.5) is 0 Å². The molecule has 0 fully saturated rings. The molecule has 0 spiro atoms. The Morgan fingerprint density at radius 1 is 1.28 bits per heavy atom. The number of thioether (sulfide) groups is 1. The quantitative estimate of drug-likeness (QED) is 0.364. The number of nitrogens with one attached hydrogen (secondary N) is 2. The van der Waals surface area contributed by atoms with E-state index in [0.717, 1.165) is 48.4 Å². The number of hydrogen-bond acceptors (Lipinski definition) is 7. The lowest BCUT2D eigenvalue weighted by molar-refractivity contribution is -0.139. The first-order valence-electron chi connectivity index (χ1n) is 10.2. The summed E-state index contributed by atoms with van der Waals surface area (Å²) in [6.45, 7) is 1.94. The zero-order valence-electron chi connectivity index (χ0n) is 17.6. The van der Waals surface area contributed by atoms with Crippen molar-refractivity contribution >= 4 is 40.0 Å². The third-order valence-corrected chi connectivity index (χ3v) is 7.73. The number of fused-ring (bicyclic) bond motifs is 3. The van der Waals surface area contributed by atoms with Crippen molar-refractivity contribution in [1.29, 1.82) is 0 Å². The number of H-pyrrole nitrogens is 1. The maximum atomic E-state index is 11.9. The predicted octanol–water partition coefficient (Wildman–Crippen LogP) is 4.32. The molecule has 1 aliphatic heterocycles. The van der Waals surface area contributed by atoms with E-state index in [9.17, 15) is 9.90 Å². The molecular formula is C23H22N4O3S2. The highest BCUT2D eigenvalue weighted by molar-refractivity contribution is 8.00. The van der Waals surface area contributed by atoms with Crippen LogP contribution in [-0.2, 0) is 17.0 Å². The Kier molecular flexibility index (Phi) is 5.62. The number of carboxylic acids is 1. The van der Waals surface area contributed by atoms with E-state index in [1.807, 2.05) is 43.3 Å². The van der Waals surface area contributed by atoms with Crippen LogP contribution in [0.3, 0.4) is 0 Å². The SMILES string of the molecule is COc1ccc([C@@H]2N[C@@H](C(=O)O)Cc3c2[nH]c2ccccc32)cc1CSc1nnc(C)s1. The zero-order chi connectivity index (χ0) is 22.2. The summed E-state index contributed by atoms with van der Waals surface area (Å²) >= 11 is 3.18. The van der Waals surface area contributed by atoms with Crippen molar-refractivity contribution in [2.24, 2.45) is 0 Å². The highest BCUT2D eigenvalue weighted by atomic mass is 32.2. The Bertz CT molecular complexity index is 1300. The maximum absolute atomic E-state index is 11.9. The topological polar surface area (TPSA) is 100 Å². The van der Waals surface area contributed by atoms with E-state index in [0.29, 0.717) is 12.2 Å². The molecule has 0 aliphatic carbocycles. The number of aliphatic carboxylic acids is 1. The highest BCUT2D eigenvalue weighted by Gasteiger charge is 2.34. The van der Waals surface area contributed by atoms with Crippen molar-refractivity contribution in [2.45, 2.75) is 35.5 Å². The summed E-state index contributed by atoms with van der Waals surface area (Å²) in [4.78, 5) is 15.4. The third-order valence-electron chi connectivity index (χ3n) is 5.71. The number of aryl methyl sites for hydroxylation is 1. The minimum atomic E-state index is -0.845. The second kappa shape index (κ2) is 8.57. The summed E-state index contributed by atoms with van der Waals surface area (Å²) in [5.74, 6) is 0.632. The first-order valence-corrected chi connectivity index (χ1v) is 12.0. The number of methoxy groups -OCH3 is 1. The van der Waals surface area contributed by atoms with Gasteiger partial charge in [-0.05, 0) is 36.2 Å². The van der Waals surface area contributed by atoms with Crippen LogP contribution in [0.2, 0.25) is 0 Å². The van der Waals surface area contributed by atoms with E-state index < -0.39 is 12.0 Å². The van der Waals surface area contributed by atoms with Gasteiger partial charge in [0, 0.05) is 34.3 Å². The van der Waals surface area contributed by atoms with Crippen LogP contribution >= 0.6 is 23.1 Å². The number of carbonyl (C=O) groups is 1. The highest BCUT2D eigenvalue weighted by Crippen LogP contribution is 2.37. The predicted molar refractivity (Wildman–Crippen MR) is 126 cm³/mol. The van der Waals surface area contributed by atoms with E-state index in [2.05, 4.69) is 26.6 Å². The third kappa shape index (κ3) is 3.87. The molecule has 0 saturated heterocycles. The first kappa shape index (κ1) is 21.0. The van der Waals surface area contributed by atoms with E-state index in [1.165, 1.54) is 0 Å². The lowest BCUT2D eigenvalue weighted by Gasteiger charge is -2.30. The number of hydrogen-bond donors (Lipinski definition) is 3. The van der Waals surface area contributed by atoms with Gasteiger partial charge in [0.05, 0.1) is 13.2 Å². The molecule has 0 amide bonds. The molecule has 32 heavy (non-hydrogen) atoms. The molecule has 3 heterocycles. The summed E-state index contributed by atoms with van der Waals surface area (Å²) in [5.41, 5.74) is 5.12. The van der Waals surface area contributed by atoms with Crippen LogP contribution in [0.5, 0.6) is 5.75 Å². The second-order valence-corrected chi connectivity index (χ2v) is 10.1. The number of ether oxygens (including phenoxy) is 1. The number of para-hydroxylation sites is 1. The summed E-state index contributed by atoms with van der Waals surface area (Å²) in [7, 11) is 1.66. The molecule has 4 aromatic rings. The Morgan fingerprint density at radius 3 is 2.88 bits per heavy atom. The fourth-order valence-electron chi connectivity index (χ4n) is 4.22. The molecular weight excluding hydrogens is 444 g/mol. The van der Waals surface area contributed by atoms with E-state index >= 15 is 0 Å². The van der Waals surface area contributed by atoms with Gasteiger partial charge in [0.15, 0.2) is 4.34 Å². The number of aromatic nitrogens is 3. The van der Waals surface area contributed by atoms with Gasteiger partial charge in [0.25, 0.3) is 0 Å². The molecule has 2 atom stereocenters. The van der Waals surface area contributed by atoms with Crippen LogP contribution in [0, 0.1) is 6.92 Å². The lowest BCUT2D eigenvalue weighted by Crippen LogP contribution is -2.45. The van der Waals surface area contributed by atoms with Crippen molar-refractivity contribution in [3.05, 3.63) is 69.9 Å².